The lowest BCUT2D eigenvalue weighted by Crippen LogP contribution is -2.33. The summed E-state index contributed by atoms with van der Waals surface area (Å²) < 4.78 is 1.94. The third-order valence-corrected chi connectivity index (χ3v) is 5.27. The van der Waals surface area contributed by atoms with Crippen molar-refractivity contribution in [3.63, 3.8) is 0 Å². The van der Waals surface area contributed by atoms with Crippen LogP contribution in [0, 0.1) is 0 Å². The fourth-order valence-corrected chi connectivity index (χ4v) is 3.74. The number of hydrogen-bond donors (Lipinski definition) is 2. The molecule has 1 aromatic heterocycles. The number of carbonyl (C=O) groups is 2. The molecule has 7 heteroatoms. The first-order chi connectivity index (χ1) is 13.5. The molecule has 144 valence electrons. The van der Waals surface area contributed by atoms with E-state index in [0.717, 1.165) is 29.7 Å². The van der Waals surface area contributed by atoms with Crippen LogP contribution in [0.3, 0.4) is 0 Å². The number of aromatic nitrogens is 2. The summed E-state index contributed by atoms with van der Waals surface area (Å²) in [4.78, 5) is 28.8. The van der Waals surface area contributed by atoms with E-state index >= 15 is 0 Å². The van der Waals surface area contributed by atoms with Gasteiger partial charge in [0.1, 0.15) is 12.4 Å². The maximum absolute atomic E-state index is 12.8. The monoisotopic (exact) mass is 397 g/mol. The van der Waals surface area contributed by atoms with E-state index in [0.29, 0.717) is 16.5 Å². The van der Waals surface area contributed by atoms with Gasteiger partial charge in [0.05, 0.1) is 23.5 Å². The topological polar surface area (TPSA) is 84.2 Å². The number of fused-ring (bicyclic) bond motifs is 1. The van der Waals surface area contributed by atoms with E-state index in [9.17, 15) is 14.7 Å². The van der Waals surface area contributed by atoms with Crippen LogP contribution in [-0.4, -0.2) is 26.5 Å². The molecule has 1 amide bonds. The van der Waals surface area contributed by atoms with Crippen LogP contribution in [0.25, 0.3) is 11.0 Å². The standard InChI is InChI=1S/C21H20ClN3O3/c22-15-6-2-1-5-14(15)17(11-20(27)28)23-19(26)12-25-18-8-4-3-7-16(18)24-21(25)13-9-10-13/h1-8,13,17H,9-12H2,(H,23,26)(H,27,28)/t17-/m0/s1. The van der Waals surface area contributed by atoms with E-state index in [-0.39, 0.29) is 18.9 Å². The zero-order valence-corrected chi connectivity index (χ0v) is 15.9. The Bertz CT molecular complexity index is 1040. The Morgan fingerprint density at radius 1 is 1.18 bits per heavy atom. The normalized spacial score (nSPS) is 14.8. The lowest BCUT2D eigenvalue weighted by molar-refractivity contribution is -0.137. The number of carboxylic acids is 1. The molecule has 1 saturated carbocycles. The molecule has 6 nitrogen and oxygen atoms in total. The molecule has 1 atom stereocenters. The third-order valence-electron chi connectivity index (χ3n) is 4.92. The Morgan fingerprint density at radius 2 is 1.89 bits per heavy atom. The smallest absolute Gasteiger partial charge is 0.305 e. The number of nitrogens with zero attached hydrogens (tertiary/aromatic N) is 2. The summed E-state index contributed by atoms with van der Waals surface area (Å²) in [5.41, 5.74) is 2.37. The van der Waals surface area contributed by atoms with Gasteiger partial charge in [-0.05, 0) is 36.6 Å². The third kappa shape index (κ3) is 3.87. The van der Waals surface area contributed by atoms with E-state index in [1.807, 2.05) is 28.8 Å². The predicted molar refractivity (Wildman–Crippen MR) is 106 cm³/mol. The highest BCUT2D eigenvalue weighted by molar-refractivity contribution is 6.31. The fraction of sp³-hybridized carbons (Fsp3) is 0.286. The summed E-state index contributed by atoms with van der Waals surface area (Å²) in [5.74, 6) is 0.0376. The van der Waals surface area contributed by atoms with E-state index in [1.54, 1.807) is 24.3 Å². The summed E-state index contributed by atoms with van der Waals surface area (Å²) >= 11 is 6.22. The summed E-state index contributed by atoms with van der Waals surface area (Å²) in [5, 5.41) is 12.5. The molecular weight excluding hydrogens is 378 g/mol. The minimum absolute atomic E-state index is 0.0902. The van der Waals surface area contributed by atoms with Gasteiger partial charge in [0.2, 0.25) is 5.91 Å². The Kier molecular flexibility index (Phi) is 5.05. The largest absolute Gasteiger partial charge is 0.481 e. The summed E-state index contributed by atoms with van der Waals surface area (Å²) in [7, 11) is 0. The van der Waals surface area contributed by atoms with E-state index in [4.69, 9.17) is 16.6 Å². The number of nitrogens with one attached hydrogen (secondary N) is 1. The van der Waals surface area contributed by atoms with Gasteiger partial charge in [-0.25, -0.2) is 4.98 Å². The average molecular weight is 398 g/mol. The van der Waals surface area contributed by atoms with Crippen LogP contribution in [0.5, 0.6) is 0 Å². The number of carboxylic acid groups (broad SMARTS) is 1. The van der Waals surface area contributed by atoms with Gasteiger partial charge in [-0.15, -0.1) is 0 Å². The Hall–Kier alpha value is -2.86. The van der Waals surface area contributed by atoms with Crippen LogP contribution < -0.4 is 5.32 Å². The minimum Gasteiger partial charge on any atom is -0.481 e. The zero-order chi connectivity index (χ0) is 19.7. The fourth-order valence-electron chi connectivity index (χ4n) is 3.47. The van der Waals surface area contributed by atoms with Crippen LogP contribution in [0.15, 0.2) is 48.5 Å². The van der Waals surface area contributed by atoms with Crippen molar-refractivity contribution < 1.29 is 14.7 Å². The van der Waals surface area contributed by atoms with Crippen molar-refractivity contribution in [1.82, 2.24) is 14.9 Å². The molecule has 2 aromatic carbocycles. The van der Waals surface area contributed by atoms with Crippen LogP contribution in [0.1, 0.15) is 42.6 Å². The molecule has 3 aromatic rings. The maximum atomic E-state index is 12.8. The quantitative estimate of drug-likeness (QED) is 0.633. The molecule has 1 aliphatic carbocycles. The highest BCUT2D eigenvalue weighted by atomic mass is 35.5. The van der Waals surface area contributed by atoms with Gasteiger partial charge in [0.25, 0.3) is 0 Å². The molecule has 0 unspecified atom stereocenters. The highest BCUT2D eigenvalue weighted by Gasteiger charge is 2.30. The van der Waals surface area contributed by atoms with Gasteiger partial charge >= 0.3 is 5.97 Å². The zero-order valence-electron chi connectivity index (χ0n) is 15.1. The summed E-state index contributed by atoms with van der Waals surface area (Å²) in [6.45, 7) is 0.0902. The number of amides is 1. The van der Waals surface area contributed by atoms with Gasteiger partial charge in [-0.3, -0.25) is 9.59 Å². The molecule has 1 fully saturated rings. The molecule has 0 aliphatic heterocycles. The van der Waals surface area contributed by atoms with Crippen molar-refractivity contribution in [3.8, 4) is 0 Å². The number of rotatable bonds is 7. The maximum Gasteiger partial charge on any atom is 0.305 e. The molecule has 4 rings (SSSR count). The van der Waals surface area contributed by atoms with Gasteiger partial charge in [0, 0.05) is 10.9 Å². The second kappa shape index (κ2) is 7.64. The molecule has 28 heavy (non-hydrogen) atoms. The molecule has 0 radical (unpaired) electrons. The van der Waals surface area contributed by atoms with Gasteiger partial charge in [-0.2, -0.15) is 0 Å². The second-order valence-corrected chi connectivity index (χ2v) is 7.47. The van der Waals surface area contributed by atoms with Crippen molar-refractivity contribution in [2.75, 3.05) is 0 Å². The van der Waals surface area contributed by atoms with Crippen molar-refractivity contribution in [2.45, 2.75) is 37.8 Å². The molecule has 1 heterocycles. The van der Waals surface area contributed by atoms with Gasteiger partial charge in [-0.1, -0.05) is 41.9 Å². The van der Waals surface area contributed by atoms with Crippen LogP contribution in [0.2, 0.25) is 5.02 Å². The number of aliphatic carboxylic acids is 1. The first-order valence-corrected chi connectivity index (χ1v) is 9.61. The molecular formula is C21H20ClN3O3. The molecule has 0 saturated heterocycles. The number of para-hydroxylation sites is 2. The first-order valence-electron chi connectivity index (χ1n) is 9.23. The summed E-state index contributed by atoms with van der Waals surface area (Å²) in [6.07, 6.45) is 1.91. The average Bonchev–Trinajstić information content (AvgIpc) is 3.44. The van der Waals surface area contributed by atoms with Crippen LogP contribution >= 0.6 is 11.6 Å². The van der Waals surface area contributed by atoms with E-state index < -0.39 is 12.0 Å². The number of benzene rings is 2. The van der Waals surface area contributed by atoms with Crippen LogP contribution in [-0.2, 0) is 16.1 Å². The lowest BCUT2D eigenvalue weighted by Gasteiger charge is -2.19. The van der Waals surface area contributed by atoms with E-state index in [1.165, 1.54) is 0 Å². The minimum atomic E-state index is -1.00. The van der Waals surface area contributed by atoms with Crippen molar-refractivity contribution >= 4 is 34.5 Å². The number of halogens is 1. The van der Waals surface area contributed by atoms with Crippen molar-refractivity contribution in [2.24, 2.45) is 0 Å². The van der Waals surface area contributed by atoms with Gasteiger partial charge in [0.15, 0.2) is 0 Å². The Labute approximate surface area is 167 Å². The molecule has 0 spiro atoms. The highest BCUT2D eigenvalue weighted by Crippen LogP contribution is 2.40. The first kappa shape index (κ1) is 18.5. The molecule has 0 bridgehead atoms. The lowest BCUT2D eigenvalue weighted by atomic mass is 10.0. The predicted octanol–water partition coefficient (Wildman–Crippen LogP) is 3.90. The molecule has 1 aliphatic rings. The number of carbonyl (C=O) groups excluding carboxylic acids is 1. The Balaban J connectivity index is 1.59. The number of hydrogen-bond acceptors (Lipinski definition) is 3. The molecule has 2 N–H and O–H groups in total. The SMILES string of the molecule is O=C(O)C[C@H](NC(=O)Cn1c(C2CC2)nc2ccccc21)c1ccccc1Cl. The number of imidazole rings is 1. The van der Waals surface area contributed by atoms with Crippen LogP contribution in [0.4, 0.5) is 0 Å². The van der Waals surface area contributed by atoms with Crippen molar-refractivity contribution in [1.29, 1.82) is 0 Å². The Morgan fingerprint density at radius 3 is 2.61 bits per heavy atom. The summed E-state index contributed by atoms with van der Waals surface area (Å²) in [6, 6.07) is 14.0. The van der Waals surface area contributed by atoms with E-state index in [2.05, 4.69) is 5.32 Å². The second-order valence-electron chi connectivity index (χ2n) is 7.06. The van der Waals surface area contributed by atoms with Crippen molar-refractivity contribution in [3.05, 3.63) is 64.9 Å². The van der Waals surface area contributed by atoms with Gasteiger partial charge < -0.3 is 15.0 Å².